The lowest BCUT2D eigenvalue weighted by atomic mass is 10.1. The molecular weight excluding hydrogens is 280 g/mol. The molecule has 3 nitrogen and oxygen atoms in total. The van der Waals surface area contributed by atoms with Crippen molar-refractivity contribution in [1.29, 1.82) is 5.26 Å². The number of nitrogens with zero attached hydrogens (tertiary/aromatic N) is 1. The van der Waals surface area contributed by atoms with Crippen LogP contribution in [-0.4, -0.2) is 12.2 Å². The van der Waals surface area contributed by atoms with Crippen LogP contribution in [0, 0.1) is 11.3 Å². The van der Waals surface area contributed by atoms with Crippen LogP contribution < -0.4 is 5.32 Å². The summed E-state index contributed by atoms with van der Waals surface area (Å²) in [7, 11) is 0. The minimum atomic E-state index is -0.138. The molecule has 2 aromatic carbocycles. The number of rotatable bonds is 4. The molecule has 0 aromatic heterocycles. The Bertz CT molecular complexity index is 657. The molecule has 2 aromatic rings. The number of carbonyl (C=O) groups excluding carboxylic acids is 1. The summed E-state index contributed by atoms with van der Waals surface area (Å²) < 4.78 is 0. The summed E-state index contributed by atoms with van der Waals surface area (Å²) in [6.45, 7) is 1.95. The van der Waals surface area contributed by atoms with E-state index in [0.717, 1.165) is 5.56 Å². The average molecular weight is 296 g/mol. The molecule has 21 heavy (non-hydrogen) atoms. The van der Waals surface area contributed by atoms with Gasteiger partial charge >= 0.3 is 0 Å². The number of benzene rings is 2. The summed E-state index contributed by atoms with van der Waals surface area (Å²) in [5.41, 5.74) is 2.17. The average Bonchev–Trinajstić information content (AvgIpc) is 2.55. The molecular formula is C17H16N2OS. The van der Waals surface area contributed by atoms with Gasteiger partial charge in [-0.05, 0) is 55.1 Å². The van der Waals surface area contributed by atoms with E-state index in [9.17, 15) is 4.79 Å². The number of carbonyl (C=O) groups is 1. The van der Waals surface area contributed by atoms with E-state index < -0.39 is 0 Å². The van der Waals surface area contributed by atoms with Gasteiger partial charge in [0, 0.05) is 10.5 Å². The van der Waals surface area contributed by atoms with Crippen molar-refractivity contribution >= 4 is 17.7 Å². The normalized spacial score (nSPS) is 11.5. The zero-order chi connectivity index (χ0) is 15.2. The summed E-state index contributed by atoms with van der Waals surface area (Å²) in [6.07, 6.45) is 2.03. The standard InChI is InChI=1S/C17H16N2OS/c1-12(14-7-9-16(21-2)10-8-14)19-17(20)15-5-3-13(11-18)4-6-15/h3-10,12H,1-2H3,(H,19,20)/t12-/m1/s1. The fourth-order valence-electron chi connectivity index (χ4n) is 1.95. The van der Waals surface area contributed by atoms with Gasteiger partial charge in [0.25, 0.3) is 5.91 Å². The van der Waals surface area contributed by atoms with Gasteiger partial charge in [-0.1, -0.05) is 12.1 Å². The summed E-state index contributed by atoms with van der Waals surface area (Å²) in [5.74, 6) is -0.138. The van der Waals surface area contributed by atoms with Crippen molar-refractivity contribution in [3.05, 3.63) is 65.2 Å². The predicted molar refractivity (Wildman–Crippen MR) is 85.3 cm³/mol. The first-order valence-corrected chi connectivity index (χ1v) is 7.81. The third kappa shape index (κ3) is 3.87. The van der Waals surface area contributed by atoms with Gasteiger partial charge in [0.05, 0.1) is 17.7 Å². The molecule has 0 unspecified atom stereocenters. The van der Waals surface area contributed by atoms with Crippen molar-refractivity contribution in [3.8, 4) is 6.07 Å². The van der Waals surface area contributed by atoms with Crippen LogP contribution in [0.4, 0.5) is 0 Å². The maximum atomic E-state index is 12.2. The Morgan fingerprint density at radius 1 is 1.14 bits per heavy atom. The van der Waals surface area contributed by atoms with Crippen molar-refractivity contribution in [3.63, 3.8) is 0 Å². The Morgan fingerprint density at radius 3 is 2.29 bits per heavy atom. The number of thioether (sulfide) groups is 1. The van der Waals surface area contributed by atoms with Crippen LogP contribution in [0.15, 0.2) is 53.4 Å². The van der Waals surface area contributed by atoms with Crippen LogP contribution in [0.2, 0.25) is 0 Å². The number of hydrogen-bond acceptors (Lipinski definition) is 3. The summed E-state index contributed by atoms with van der Waals surface area (Å²) >= 11 is 1.69. The monoisotopic (exact) mass is 296 g/mol. The molecule has 0 aliphatic rings. The second kappa shape index (κ2) is 6.96. The molecule has 0 aliphatic heterocycles. The molecule has 1 amide bonds. The maximum absolute atomic E-state index is 12.2. The highest BCUT2D eigenvalue weighted by molar-refractivity contribution is 7.98. The Kier molecular flexibility index (Phi) is 5.02. The van der Waals surface area contributed by atoms with Crippen LogP contribution in [0.5, 0.6) is 0 Å². The quantitative estimate of drug-likeness (QED) is 0.874. The van der Waals surface area contributed by atoms with Crippen LogP contribution in [-0.2, 0) is 0 Å². The van der Waals surface area contributed by atoms with Crippen LogP contribution in [0.3, 0.4) is 0 Å². The summed E-state index contributed by atoms with van der Waals surface area (Å²) in [6, 6.07) is 16.7. The molecule has 1 atom stereocenters. The van der Waals surface area contributed by atoms with E-state index in [1.165, 1.54) is 4.90 Å². The van der Waals surface area contributed by atoms with Gasteiger partial charge in [-0.3, -0.25) is 4.79 Å². The maximum Gasteiger partial charge on any atom is 0.251 e. The van der Waals surface area contributed by atoms with Gasteiger partial charge in [0.15, 0.2) is 0 Å². The molecule has 0 bridgehead atoms. The second-order valence-corrected chi connectivity index (χ2v) is 5.54. The number of amides is 1. The third-order valence-electron chi connectivity index (χ3n) is 3.24. The largest absolute Gasteiger partial charge is 0.346 e. The lowest BCUT2D eigenvalue weighted by Crippen LogP contribution is -2.26. The van der Waals surface area contributed by atoms with E-state index in [2.05, 4.69) is 5.32 Å². The molecule has 0 saturated heterocycles. The molecule has 2 rings (SSSR count). The third-order valence-corrected chi connectivity index (χ3v) is 3.98. The minimum Gasteiger partial charge on any atom is -0.346 e. The zero-order valence-corrected chi connectivity index (χ0v) is 12.8. The fourth-order valence-corrected chi connectivity index (χ4v) is 2.36. The summed E-state index contributed by atoms with van der Waals surface area (Å²) in [5, 5.41) is 11.7. The van der Waals surface area contributed by atoms with Crippen molar-refractivity contribution in [1.82, 2.24) is 5.32 Å². The number of nitriles is 1. The highest BCUT2D eigenvalue weighted by Crippen LogP contribution is 2.19. The minimum absolute atomic E-state index is 0.0657. The number of hydrogen-bond donors (Lipinski definition) is 1. The van der Waals surface area contributed by atoms with E-state index >= 15 is 0 Å². The highest BCUT2D eigenvalue weighted by atomic mass is 32.2. The molecule has 0 aliphatic carbocycles. The highest BCUT2D eigenvalue weighted by Gasteiger charge is 2.11. The van der Waals surface area contributed by atoms with Crippen molar-refractivity contribution < 1.29 is 4.79 Å². The van der Waals surface area contributed by atoms with Crippen LogP contribution in [0.1, 0.15) is 34.5 Å². The topological polar surface area (TPSA) is 52.9 Å². The van der Waals surface area contributed by atoms with E-state index in [0.29, 0.717) is 11.1 Å². The van der Waals surface area contributed by atoms with Gasteiger partial charge in [0.2, 0.25) is 0 Å². The Hall–Kier alpha value is -2.25. The molecule has 4 heteroatoms. The van der Waals surface area contributed by atoms with Gasteiger partial charge in [-0.25, -0.2) is 0 Å². The molecule has 106 valence electrons. The lowest BCUT2D eigenvalue weighted by molar-refractivity contribution is 0.0940. The number of nitrogens with one attached hydrogen (secondary N) is 1. The van der Waals surface area contributed by atoms with Gasteiger partial charge in [-0.2, -0.15) is 5.26 Å². The fraction of sp³-hybridized carbons (Fsp3) is 0.176. The zero-order valence-electron chi connectivity index (χ0n) is 12.0. The van der Waals surface area contributed by atoms with Gasteiger partial charge < -0.3 is 5.32 Å². The van der Waals surface area contributed by atoms with Gasteiger partial charge in [-0.15, -0.1) is 11.8 Å². The molecule has 0 spiro atoms. The SMILES string of the molecule is CSc1ccc([C@@H](C)NC(=O)c2ccc(C#N)cc2)cc1. The van der Waals surface area contributed by atoms with E-state index in [1.54, 1.807) is 36.0 Å². The molecule has 0 saturated carbocycles. The van der Waals surface area contributed by atoms with Crippen molar-refractivity contribution in [2.75, 3.05) is 6.26 Å². The van der Waals surface area contributed by atoms with Gasteiger partial charge in [0.1, 0.15) is 0 Å². The van der Waals surface area contributed by atoms with Crippen LogP contribution >= 0.6 is 11.8 Å². The summed E-state index contributed by atoms with van der Waals surface area (Å²) in [4.78, 5) is 13.4. The molecule has 1 N–H and O–H groups in total. The first-order chi connectivity index (χ1) is 10.1. The van der Waals surface area contributed by atoms with E-state index in [1.807, 2.05) is 43.5 Å². The Labute approximate surface area is 129 Å². The van der Waals surface area contributed by atoms with Crippen LogP contribution in [0.25, 0.3) is 0 Å². The molecule has 0 fully saturated rings. The van der Waals surface area contributed by atoms with E-state index in [-0.39, 0.29) is 11.9 Å². The van der Waals surface area contributed by atoms with Crippen molar-refractivity contribution in [2.45, 2.75) is 17.9 Å². The first-order valence-electron chi connectivity index (χ1n) is 6.59. The van der Waals surface area contributed by atoms with Crippen molar-refractivity contribution in [2.24, 2.45) is 0 Å². The molecule has 0 radical (unpaired) electrons. The Morgan fingerprint density at radius 2 is 1.76 bits per heavy atom. The lowest BCUT2D eigenvalue weighted by Gasteiger charge is -2.14. The smallest absolute Gasteiger partial charge is 0.251 e. The van der Waals surface area contributed by atoms with E-state index in [4.69, 9.17) is 5.26 Å². The second-order valence-electron chi connectivity index (χ2n) is 4.66. The molecule has 0 heterocycles. The predicted octanol–water partition coefficient (Wildman–Crippen LogP) is 3.77. The first kappa shape index (κ1) is 15.1. The Balaban J connectivity index is 2.05.